The molecule has 5 nitrogen and oxygen atoms in total. The van der Waals surface area contributed by atoms with Gasteiger partial charge in [0.05, 0.1) is 12.0 Å². The third-order valence-corrected chi connectivity index (χ3v) is 6.36. The lowest BCUT2D eigenvalue weighted by molar-refractivity contribution is 0.689. The molecular weight excluding hydrogens is 466 g/mol. The summed E-state index contributed by atoms with van der Waals surface area (Å²) in [4.78, 5) is 4.17. The van der Waals surface area contributed by atoms with Crippen LogP contribution in [0.15, 0.2) is 89.9 Å². The van der Waals surface area contributed by atoms with Gasteiger partial charge >= 0.3 is 0 Å². The number of hydrogen-bond donors (Lipinski definition) is 3. The fraction of sp³-hybridized carbons (Fsp3) is 0.212. The minimum atomic E-state index is 0.621. The molecule has 38 heavy (non-hydrogen) atoms. The lowest BCUT2D eigenvalue weighted by Gasteiger charge is -2.15. The molecule has 192 valence electrons. The van der Waals surface area contributed by atoms with Crippen molar-refractivity contribution in [3.8, 4) is 34.2 Å². The number of nitrogens with one attached hydrogen (secondary N) is 3. The molecule has 1 aromatic heterocycles. The summed E-state index contributed by atoms with van der Waals surface area (Å²) in [5, 5.41) is 14.9. The number of nitrogens with zero attached hydrogens (tertiary/aromatic N) is 2. The first-order valence-electron chi connectivity index (χ1n) is 13.0. The number of aliphatic imine (C=N–C) groups is 1. The number of hydrogen-bond acceptors (Lipinski definition) is 3. The zero-order chi connectivity index (χ0) is 26.6. The van der Waals surface area contributed by atoms with Crippen LogP contribution in [0.2, 0.25) is 0 Å². The van der Waals surface area contributed by atoms with Gasteiger partial charge in [0.15, 0.2) is 0 Å². The van der Waals surface area contributed by atoms with Gasteiger partial charge in [-0.25, -0.2) is 0 Å². The summed E-state index contributed by atoms with van der Waals surface area (Å²) in [5.41, 5.74) is 7.23. The van der Waals surface area contributed by atoms with Gasteiger partial charge in [-0.05, 0) is 55.3 Å². The Labute approximate surface area is 226 Å². The molecule has 0 unspecified atom stereocenters. The maximum absolute atomic E-state index is 8.39. The van der Waals surface area contributed by atoms with Crippen LogP contribution in [0.5, 0.6) is 0 Å². The minimum Gasteiger partial charge on any atom is -0.332 e. The van der Waals surface area contributed by atoms with Crippen LogP contribution in [-0.2, 0) is 6.54 Å². The zero-order valence-electron chi connectivity index (χ0n) is 22.2. The Hall–Kier alpha value is -4.40. The van der Waals surface area contributed by atoms with Crippen LogP contribution in [0.3, 0.4) is 0 Å². The van der Waals surface area contributed by atoms with Gasteiger partial charge in [-0.15, -0.1) is 0 Å². The van der Waals surface area contributed by atoms with E-state index in [1.807, 2.05) is 31.3 Å². The Morgan fingerprint density at radius 3 is 2.34 bits per heavy atom. The van der Waals surface area contributed by atoms with Crippen LogP contribution in [-0.4, -0.2) is 37.8 Å². The highest BCUT2D eigenvalue weighted by Crippen LogP contribution is 2.41. The van der Waals surface area contributed by atoms with E-state index < -0.39 is 0 Å². The number of aromatic nitrogens is 1. The van der Waals surface area contributed by atoms with Gasteiger partial charge < -0.3 is 20.6 Å². The van der Waals surface area contributed by atoms with E-state index >= 15 is 0 Å². The maximum Gasteiger partial charge on any atom is 0.121 e. The SMILES string of the molecule is CN=CNc1c(C=N)c(-c2ccccc2)c(-c2ccccc2)n1Cc1cccc(C#CCCCCNC)c1. The molecule has 0 atom stereocenters. The molecule has 0 bridgehead atoms. The molecule has 0 saturated heterocycles. The fourth-order valence-corrected chi connectivity index (χ4v) is 4.62. The van der Waals surface area contributed by atoms with Crippen LogP contribution >= 0.6 is 0 Å². The molecule has 3 aromatic carbocycles. The summed E-state index contributed by atoms with van der Waals surface area (Å²) in [6.07, 6.45) is 6.25. The third-order valence-electron chi connectivity index (χ3n) is 6.36. The van der Waals surface area contributed by atoms with Gasteiger partial charge in [0, 0.05) is 42.9 Å². The molecule has 1 heterocycles. The average molecular weight is 502 g/mol. The van der Waals surface area contributed by atoms with Crippen molar-refractivity contribution in [1.29, 1.82) is 5.41 Å². The van der Waals surface area contributed by atoms with E-state index in [0.29, 0.717) is 6.54 Å². The molecule has 5 heteroatoms. The summed E-state index contributed by atoms with van der Waals surface area (Å²) in [7, 11) is 3.72. The average Bonchev–Trinajstić information content (AvgIpc) is 3.27. The topological polar surface area (TPSA) is 65.2 Å². The highest BCUT2D eigenvalue weighted by atomic mass is 15.1. The van der Waals surface area contributed by atoms with Crippen molar-refractivity contribution in [1.82, 2.24) is 9.88 Å². The quantitative estimate of drug-likeness (QED) is 0.0929. The predicted octanol–water partition coefficient (Wildman–Crippen LogP) is 6.68. The molecule has 4 rings (SSSR count). The minimum absolute atomic E-state index is 0.621. The van der Waals surface area contributed by atoms with Gasteiger partial charge in [0.1, 0.15) is 5.82 Å². The first-order valence-corrected chi connectivity index (χ1v) is 13.0. The summed E-state index contributed by atoms with van der Waals surface area (Å²) in [5.74, 6) is 7.51. The number of benzene rings is 3. The van der Waals surface area contributed by atoms with E-state index in [-0.39, 0.29) is 0 Å². The third kappa shape index (κ3) is 6.47. The van der Waals surface area contributed by atoms with E-state index in [1.165, 1.54) is 6.21 Å². The predicted molar refractivity (Wildman–Crippen MR) is 161 cm³/mol. The molecule has 0 aliphatic heterocycles. The van der Waals surface area contributed by atoms with Crippen molar-refractivity contribution >= 4 is 18.4 Å². The first kappa shape index (κ1) is 26.7. The number of rotatable bonds is 11. The van der Waals surface area contributed by atoms with Crippen LogP contribution in [0.25, 0.3) is 22.4 Å². The Morgan fingerprint density at radius 1 is 0.921 bits per heavy atom. The van der Waals surface area contributed by atoms with Crippen LogP contribution in [0.4, 0.5) is 5.82 Å². The van der Waals surface area contributed by atoms with Crippen LogP contribution < -0.4 is 10.6 Å². The Bertz CT molecular complexity index is 1420. The molecule has 4 aromatic rings. The van der Waals surface area contributed by atoms with E-state index in [2.05, 4.69) is 92.7 Å². The van der Waals surface area contributed by atoms with E-state index in [1.54, 1.807) is 13.4 Å². The Kier molecular flexibility index (Phi) is 9.67. The van der Waals surface area contributed by atoms with E-state index in [4.69, 9.17) is 5.41 Å². The molecule has 0 fully saturated rings. The fourth-order valence-electron chi connectivity index (χ4n) is 4.62. The molecule has 0 saturated carbocycles. The second-order valence-electron chi connectivity index (χ2n) is 9.04. The summed E-state index contributed by atoms with van der Waals surface area (Å²) >= 11 is 0. The lowest BCUT2D eigenvalue weighted by Crippen LogP contribution is -2.09. The van der Waals surface area contributed by atoms with Gasteiger partial charge in [-0.2, -0.15) is 0 Å². The molecule has 0 aliphatic rings. The lowest BCUT2D eigenvalue weighted by atomic mass is 9.98. The zero-order valence-corrected chi connectivity index (χ0v) is 22.2. The van der Waals surface area contributed by atoms with Crippen LogP contribution in [0, 0.1) is 17.3 Å². The summed E-state index contributed by atoms with van der Waals surface area (Å²) < 4.78 is 2.25. The smallest absolute Gasteiger partial charge is 0.121 e. The standard InChI is InChI=1S/C33H35N5/c1-35-21-12-4-3-7-14-26-15-13-16-27(22-26)24-38-32(29-19-10-6-11-20-29)31(28-17-8-5-9-18-28)30(23-34)33(38)37-25-36-2/h5-6,8-11,13,15-20,22-23,25,34-35H,3-4,12,21,24H2,1-2H3,(H,36,37). The Morgan fingerprint density at radius 2 is 1.66 bits per heavy atom. The number of anilines is 1. The molecule has 0 radical (unpaired) electrons. The normalized spacial score (nSPS) is 10.8. The van der Waals surface area contributed by atoms with Crippen molar-refractivity contribution in [2.75, 3.05) is 26.0 Å². The highest BCUT2D eigenvalue weighted by Gasteiger charge is 2.24. The molecule has 0 aliphatic carbocycles. The maximum atomic E-state index is 8.39. The van der Waals surface area contributed by atoms with Crippen molar-refractivity contribution < 1.29 is 0 Å². The monoisotopic (exact) mass is 501 g/mol. The molecule has 3 N–H and O–H groups in total. The van der Waals surface area contributed by atoms with Crippen molar-refractivity contribution in [3.05, 3.63) is 102 Å². The highest BCUT2D eigenvalue weighted by molar-refractivity contribution is 6.03. The van der Waals surface area contributed by atoms with Gasteiger partial charge in [-0.3, -0.25) is 4.99 Å². The van der Waals surface area contributed by atoms with Crippen molar-refractivity contribution in [2.45, 2.75) is 25.8 Å². The largest absolute Gasteiger partial charge is 0.332 e. The van der Waals surface area contributed by atoms with Crippen LogP contribution in [0.1, 0.15) is 36.0 Å². The van der Waals surface area contributed by atoms with E-state index in [0.717, 1.165) is 70.7 Å². The van der Waals surface area contributed by atoms with Crippen molar-refractivity contribution in [3.63, 3.8) is 0 Å². The first-order chi connectivity index (χ1) is 18.8. The van der Waals surface area contributed by atoms with Gasteiger partial charge in [-0.1, -0.05) is 84.6 Å². The number of unbranched alkanes of at least 4 members (excludes halogenated alkanes) is 2. The second-order valence-corrected chi connectivity index (χ2v) is 9.04. The van der Waals surface area contributed by atoms with Gasteiger partial charge in [0.25, 0.3) is 0 Å². The molecular formula is C33H35N5. The summed E-state index contributed by atoms with van der Waals surface area (Å²) in [6, 6.07) is 29.1. The summed E-state index contributed by atoms with van der Waals surface area (Å²) in [6.45, 7) is 1.65. The molecule has 0 spiro atoms. The van der Waals surface area contributed by atoms with Crippen molar-refractivity contribution in [2.24, 2.45) is 4.99 Å². The second kappa shape index (κ2) is 13.8. The van der Waals surface area contributed by atoms with E-state index in [9.17, 15) is 0 Å². The Balaban J connectivity index is 1.81. The van der Waals surface area contributed by atoms with Gasteiger partial charge in [0.2, 0.25) is 0 Å². The molecule has 0 amide bonds.